The number of nitrogens with zero attached hydrogens (tertiary/aromatic N) is 3. The van der Waals surface area contributed by atoms with Gasteiger partial charge in [-0.15, -0.1) is 0 Å². The summed E-state index contributed by atoms with van der Waals surface area (Å²) in [6.07, 6.45) is 8.45. The van der Waals surface area contributed by atoms with Crippen molar-refractivity contribution in [2.45, 2.75) is 69.4 Å². The Morgan fingerprint density at radius 2 is 1.96 bits per heavy atom. The maximum absolute atomic E-state index is 13.6. The quantitative estimate of drug-likeness (QED) is 0.873. The van der Waals surface area contributed by atoms with E-state index in [1.807, 2.05) is 6.07 Å². The molecule has 2 heterocycles. The van der Waals surface area contributed by atoms with Gasteiger partial charge >= 0.3 is 0 Å². The van der Waals surface area contributed by atoms with E-state index < -0.39 is 17.9 Å². The Hall–Kier alpha value is -2.25. The van der Waals surface area contributed by atoms with Crippen LogP contribution in [0.2, 0.25) is 0 Å². The molecule has 2 aromatic rings. The highest BCUT2D eigenvalue weighted by atomic mass is 19.3. The summed E-state index contributed by atoms with van der Waals surface area (Å²) in [6.45, 7) is 0. The third kappa shape index (κ3) is 3.64. The minimum Gasteiger partial charge on any atom is -0.367 e. The predicted octanol–water partition coefficient (Wildman–Crippen LogP) is 3.39. The first-order valence-electron chi connectivity index (χ1n) is 9.30. The number of rotatable bonds is 4. The van der Waals surface area contributed by atoms with E-state index in [-0.39, 0.29) is 12.8 Å². The third-order valence-corrected chi connectivity index (χ3v) is 5.30. The number of anilines is 1. The number of hydrogen-bond donors (Lipinski definition) is 2. The van der Waals surface area contributed by atoms with Gasteiger partial charge in [0, 0.05) is 31.1 Å². The van der Waals surface area contributed by atoms with Crippen molar-refractivity contribution < 1.29 is 13.6 Å². The lowest BCUT2D eigenvalue weighted by molar-refractivity contribution is -0.0429. The molecular weight excluding hydrogens is 340 g/mol. The molecule has 0 aliphatic heterocycles. The van der Waals surface area contributed by atoms with Crippen LogP contribution in [-0.2, 0) is 0 Å². The molecule has 140 valence electrons. The van der Waals surface area contributed by atoms with Crippen molar-refractivity contribution in [2.24, 2.45) is 0 Å². The zero-order chi connectivity index (χ0) is 18.1. The maximum Gasteiger partial charge on any atom is 0.256 e. The van der Waals surface area contributed by atoms with Gasteiger partial charge in [0.05, 0.1) is 6.20 Å². The summed E-state index contributed by atoms with van der Waals surface area (Å²) < 4.78 is 28.6. The molecule has 2 aliphatic carbocycles. The largest absolute Gasteiger partial charge is 0.367 e. The van der Waals surface area contributed by atoms with Crippen LogP contribution in [0.25, 0.3) is 5.65 Å². The number of hydrogen-bond acceptors (Lipinski definition) is 4. The fraction of sp³-hybridized carbons (Fsp3) is 0.611. The maximum atomic E-state index is 13.6. The fourth-order valence-electron chi connectivity index (χ4n) is 3.95. The molecule has 4 rings (SSSR count). The van der Waals surface area contributed by atoms with E-state index in [0.717, 1.165) is 12.8 Å². The van der Waals surface area contributed by atoms with Gasteiger partial charge in [-0.05, 0) is 31.7 Å². The average molecular weight is 363 g/mol. The number of nitrogens with one attached hydrogen (secondary N) is 2. The molecular formula is C18H23F2N5O. The van der Waals surface area contributed by atoms with Crippen LogP contribution < -0.4 is 10.6 Å². The first-order valence-corrected chi connectivity index (χ1v) is 9.30. The van der Waals surface area contributed by atoms with E-state index in [1.54, 1.807) is 6.20 Å². The van der Waals surface area contributed by atoms with Gasteiger partial charge in [-0.25, -0.2) is 18.3 Å². The molecule has 26 heavy (non-hydrogen) atoms. The molecule has 2 fully saturated rings. The van der Waals surface area contributed by atoms with Crippen molar-refractivity contribution in [3.8, 4) is 0 Å². The molecule has 1 amide bonds. The summed E-state index contributed by atoms with van der Waals surface area (Å²) in [4.78, 5) is 17.1. The van der Waals surface area contributed by atoms with Crippen LogP contribution >= 0.6 is 0 Å². The van der Waals surface area contributed by atoms with Crippen LogP contribution in [-0.4, -0.2) is 38.5 Å². The second-order valence-electron chi connectivity index (χ2n) is 7.39. The summed E-state index contributed by atoms with van der Waals surface area (Å²) in [6, 6.07) is 1.73. The average Bonchev–Trinajstić information content (AvgIpc) is 3.23. The lowest BCUT2D eigenvalue weighted by atomic mass is 9.92. The van der Waals surface area contributed by atoms with Gasteiger partial charge in [-0.2, -0.15) is 5.10 Å². The zero-order valence-corrected chi connectivity index (χ0v) is 14.5. The first kappa shape index (κ1) is 17.2. The van der Waals surface area contributed by atoms with Crippen molar-refractivity contribution in [1.82, 2.24) is 19.9 Å². The zero-order valence-electron chi connectivity index (χ0n) is 14.5. The summed E-state index contributed by atoms with van der Waals surface area (Å²) >= 11 is 0. The minimum atomic E-state index is -2.70. The molecule has 2 aromatic heterocycles. The van der Waals surface area contributed by atoms with E-state index in [0.29, 0.717) is 35.9 Å². The molecule has 0 bridgehead atoms. The van der Waals surface area contributed by atoms with E-state index >= 15 is 0 Å². The standard InChI is InChI=1S/C18H23F2N5O/c19-18(20)8-3-6-13(10-18)23-17(26)14-11-21-25-9-7-15(24-16(14)25)22-12-4-1-2-5-12/h7,9,11-13H,1-6,8,10H2,(H,22,24)(H,23,26). The van der Waals surface area contributed by atoms with Crippen LogP contribution in [0, 0.1) is 0 Å². The molecule has 1 atom stereocenters. The van der Waals surface area contributed by atoms with Gasteiger partial charge in [0.2, 0.25) is 5.92 Å². The Balaban J connectivity index is 1.50. The summed E-state index contributed by atoms with van der Waals surface area (Å²) in [5, 5.41) is 10.3. The van der Waals surface area contributed by atoms with Crippen LogP contribution in [0.4, 0.5) is 14.6 Å². The highest BCUT2D eigenvalue weighted by Crippen LogP contribution is 2.33. The lowest BCUT2D eigenvalue weighted by Gasteiger charge is -2.29. The van der Waals surface area contributed by atoms with Crippen LogP contribution in [0.3, 0.4) is 0 Å². The Labute approximate surface area is 150 Å². The van der Waals surface area contributed by atoms with Crippen molar-refractivity contribution in [1.29, 1.82) is 0 Å². The van der Waals surface area contributed by atoms with E-state index in [1.165, 1.54) is 23.6 Å². The Kier molecular flexibility index (Phi) is 4.50. The summed E-state index contributed by atoms with van der Waals surface area (Å²) in [5.41, 5.74) is 0.752. The number of fused-ring (bicyclic) bond motifs is 1. The molecule has 0 radical (unpaired) electrons. The number of amides is 1. The van der Waals surface area contributed by atoms with Crippen LogP contribution in [0.1, 0.15) is 61.7 Å². The molecule has 6 nitrogen and oxygen atoms in total. The topological polar surface area (TPSA) is 71.3 Å². The smallest absolute Gasteiger partial charge is 0.256 e. The van der Waals surface area contributed by atoms with Crippen LogP contribution in [0.15, 0.2) is 18.5 Å². The Morgan fingerprint density at radius 1 is 1.19 bits per heavy atom. The molecule has 1 unspecified atom stereocenters. The number of carbonyl (C=O) groups excluding carboxylic acids is 1. The molecule has 2 saturated carbocycles. The second-order valence-corrected chi connectivity index (χ2v) is 7.39. The van der Waals surface area contributed by atoms with E-state index in [4.69, 9.17) is 0 Å². The summed E-state index contributed by atoms with van der Waals surface area (Å²) in [5.74, 6) is -2.38. The van der Waals surface area contributed by atoms with E-state index in [2.05, 4.69) is 20.7 Å². The fourth-order valence-corrected chi connectivity index (χ4v) is 3.95. The van der Waals surface area contributed by atoms with E-state index in [9.17, 15) is 13.6 Å². The number of aromatic nitrogens is 3. The van der Waals surface area contributed by atoms with Gasteiger partial charge < -0.3 is 10.6 Å². The number of alkyl halides is 2. The van der Waals surface area contributed by atoms with Crippen molar-refractivity contribution in [3.05, 3.63) is 24.0 Å². The van der Waals surface area contributed by atoms with Crippen molar-refractivity contribution in [2.75, 3.05) is 5.32 Å². The highest BCUT2D eigenvalue weighted by Gasteiger charge is 2.37. The molecule has 2 aliphatic rings. The second kappa shape index (κ2) is 6.81. The van der Waals surface area contributed by atoms with Crippen LogP contribution in [0.5, 0.6) is 0 Å². The first-order chi connectivity index (χ1) is 12.5. The molecule has 0 saturated heterocycles. The predicted molar refractivity (Wildman–Crippen MR) is 93.5 cm³/mol. The Bertz CT molecular complexity index is 800. The number of halogens is 2. The van der Waals surface area contributed by atoms with Crippen molar-refractivity contribution >= 4 is 17.4 Å². The number of carbonyl (C=O) groups is 1. The SMILES string of the molecule is O=C(NC1CCCC(F)(F)C1)c1cnn2ccc(NC3CCCC3)nc12. The summed E-state index contributed by atoms with van der Waals surface area (Å²) in [7, 11) is 0. The van der Waals surface area contributed by atoms with Gasteiger partial charge in [-0.3, -0.25) is 4.79 Å². The lowest BCUT2D eigenvalue weighted by Crippen LogP contribution is -2.42. The molecule has 0 aromatic carbocycles. The van der Waals surface area contributed by atoms with Gasteiger partial charge in [0.25, 0.3) is 5.91 Å². The normalized spacial score (nSPS) is 23.2. The molecule has 2 N–H and O–H groups in total. The van der Waals surface area contributed by atoms with Gasteiger partial charge in [-0.1, -0.05) is 12.8 Å². The van der Waals surface area contributed by atoms with Gasteiger partial charge in [0.15, 0.2) is 5.65 Å². The van der Waals surface area contributed by atoms with Gasteiger partial charge in [0.1, 0.15) is 11.4 Å². The molecule has 8 heteroatoms. The third-order valence-electron chi connectivity index (χ3n) is 5.30. The monoisotopic (exact) mass is 363 g/mol. The molecule has 0 spiro atoms. The van der Waals surface area contributed by atoms with Crippen molar-refractivity contribution in [3.63, 3.8) is 0 Å². The minimum absolute atomic E-state index is 0.103. The highest BCUT2D eigenvalue weighted by molar-refractivity contribution is 5.99. The Morgan fingerprint density at radius 3 is 2.73 bits per heavy atom.